The monoisotopic (exact) mass is 1210 g/mol. The molecule has 6 fully saturated rings. The minimum Gasteiger partial charge on any atom is -0.396 e. The van der Waals surface area contributed by atoms with Crippen LogP contribution in [0.5, 0.6) is 0 Å². The molecule has 10 heteroatoms. The number of allylic oxidation sites excluding steroid dienone is 2. The fourth-order valence-electron chi connectivity index (χ4n) is 19.5. The fraction of sp³-hybridized carbons (Fsp3) is 0.795. The average molecular weight is 1210 g/mol. The number of ether oxygens (including phenoxy) is 2. The summed E-state index contributed by atoms with van der Waals surface area (Å²) >= 11 is 9.53. The lowest BCUT2D eigenvalue weighted by atomic mass is 9.47. The van der Waals surface area contributed by atoms with E-state index in [9.17, 15) is 8.42 Å². The molecule has 470 valence electrons. The summed E-state index contributed by atoms with van der Waals surface area (Å²) in [5.41, 5.74) is 6.28. The van der Waals surface area contributed by atoms with Gasteiger partial charge in [0.25, 0.3) is 10.1 Å². The second-order valence-electron chi connectivity index (χ2n) is 29.7. The zero-order valence-electron chi connectivity index (χ0n) is 54.0. The Morgan fingerprint density at radius 3 is 1.45 bits per heavy atom. The molecule has 8 aliphatic carbocycles. The first-order chi connectivity index (χ1) is 39.6. The molecule has 83 heavy (non-hydrogen) atoms. The van der Waals surface area contributed by atoms with Crippen LogP contribution in [-0.4, -0.2) is 62.5 Å². The van der Waals surface area contributed by atoms with Gasteiger partial charge in [0, 0.05) is 32.2 Å². The Morgan fingerprint density at radius 2 is 1.04 bits per heavy atom. The molecular formula is C73H117Cl2NO6S. The van der Waals surface area contributed by atoms with Gasteiger partial charge in [-0.05, 0) is 239 Å². The van der Waals surface area contributed by atoms with Gasteiger partial charge in [0.05, 0.1) is 29.0 Å². The summed E-state index contributed by atoms with van der Waals surface area (Å²) in [6, 6.07) is 12.5. The lowest BCUT2D eigenvalue weighted by Crippen LogP contribution is -2.51. The quantitative estimate of drug-likeness (QED) is 0.0576. The molecule has 0 spiro atoms. The maximum Gasteiger partial charge on any atom is 0.296 e. The fourth-order valence-corrected chi connectivity index (χ4v) is 20.4. The first-order valence-electron chi connectivity index (χ1n) is 33.8. The maximum atomic E-state index is 12.4. The normalized spacial score (nSPS) is 34.9. The Kier molecular flexibility index (Phi) is 26.2. The lowest BCUT2D eigenvalue weighted by Gasteiger charge is -2.58. The largest absolute Gasteiger partial charge is 0.396 e. The summed E-state index contributed by atoms with van der Waals surface area (Å²) in [7, 11) is -3.71. The van der Waals surface area contributed by atoms with Gasteiger partial charge >= 0.3 is 0 Å². The van der Waals surface area contributed by atoms with Crippen molar-refractivity contribution < 1.29 is 27.2 Å². The van der Waals surface area contributed by atoms with Gasteiger partial charge in [-0.25, -0.2) is 0 Å². The van der Waals surface area contributed by atoms with Crippen LogP contribution in [0, 0.1) is 99.6 Å². The van der Waals surface area contributed by atoms with Crippen molar-refractivity contribution in [3.05, 3.63) is 83.7 Å². The van der Waals surface area contributed by atoms with Crippen molar-refractivity contribution in [1.29, 1.82) is 0 Å². The zero-order chi connectivity index (χ0) is 60.0. The van der Waals surface area contributed by atoms with E-state index in [4.69, 9.17) is 42.0 Å². The van der Waals surface area contributed by atoms with Crippen molar-refractivity contribution in [2.45, 2.75) is 247 Å². The summed E-state index contributed by atoms with van der Waals surface area (Å²) in [6.45, 7) is 28.8. The number of aliphatic hydroxyl groups is 1. The number of pyridine rings is 1. The Hall–Kier alpha value is -1.78. The Labute approximate surface area is 518 Å². The third kappa shape index (κ3) is 16.9. The van der Waals surface area contributed by atoms with Gasteiger partial charge in [0.1, 0.15) is 0 Å². The van der Waals surface area contributed by atoms with E-state index in [1.807, 2.05) is 25.1 Å². The molecule has 0 saturated heterocycles. The van der Waals surface area contributed by atoms with Crippen LogP contribution in [0.3, 0.4) is 0 Å². The highest BCUT2D eigenvalue weighted by molar-refractivity contribution is 7.86. The second kappa shape index (κ2) is 31.6. The number of fused-ring (bicyclic) bond motifs is 10. The van der Waals surface area contributed by atoms with Crippen LogP contribution < -0.4 is 0 Å². The number of rotatable bonds is 21. The van der Waals surface area contributed by atoms with Crippen molar-refractivity contribution in [2.75, 3.05) is 31.8 Å². The minimum absolute atomic E-state index is 0.157. The van der Waals surface area contributed by atoms with E-state index >= 15 is 0 Å². The van der Waals surface area contributed by atoms with E-state index in [0.29, 0.717) is 47.4 Å². The molecule has 6 unspecified atom stereocenters. The molecule has 16 atom stereocenters. The average Bonchev–Trinajstić information content (AvgIpc) is 1.88. The molecular weight excluding hydrogens is 1090 g/mol. The van der Waals surface area contributed by atoms with Crippen molar-refractivity contribution in [3.63, 3.8) is 0 Å². The molecule has 0 aliphatic heterocycles. The Morgan fingerprint density at radius 1 is 0.578 bits per heavy atom. The standard InChI is InChI=1S/C37H58O4S.C30H52O2.C5H5N.CH2Cl2/c1-26(2)9-7-10-28(4)33-17-18-34-32-16-13-29-25-30(19-21-36(29,5)35(32)20-22-37(33,34)6)40-23-8-24-41-42(38,39)31-14-11-27(3)12-15-31;1-21(2)8-6-9-22(3)26-12-13-27-25-11-10-23-20-24(32-19-7-18-31)14-16-29(23,4)28(25)15-17-30(26,27)5;1-2-4-6-5-3-1;2-1-3/h11-15,26,28,30,32-35H,7-10,16-25H2,1-6H3;10,21-22,24-28,31H,6-9,11-20H2,1-5H3;1-5H;1H2/t28-,30+,32?,33-,34?,35?,36+,37-;22-,24+,25?,26-,27?,28?,29+,30-;;/m11../s1. The predicted molar refractivity (Wildman–Crippen MR) is 347 cm³/mol. The topological polar surface area (TPSA) is 95.0 Å². The van der Waals surface area contributed by atoms with Crippen molar-refractivity contribution >= 4 is 33.3 Å². The summed E-state index contributed by atoms with van der Waals surface area (Å²) in [6.07, 6.45) is 40.5. The van der Waals surface area contributed by atoms with Gasteiger partial charge in [0.2, 0.25) is 0 Å². The number of benzene rings is 1. The summed E-state index contributed by atoms with van der Waals surface area (Å²) in [4.78, 5) is 4.00. The molecule has 2 aromatic rings. The van der Waals surface area contributed by atoms with Gasteiger partial charge < -0.3 is 14.6 Å². The minimum atomic E-state index is -3.71. The van der Waals surface area contributed by atoms with E-state index in [2.05, 4.69) is 86.4 Å². The van der Waals surface area contributed by atoms with E-state index in [-0.39, 0.29) is 29.6 Å². The zero-order valence-corrected chi connectivity index (χ0v) is 56.4. The van der Waals surface area contributed by atoms with E-state index in [0.717, 1.165) is 102 Å². The molecule has 0 amide bonds. The molecule has 0 radical (unpaired) electrons. The number of nitrogens with zero attached hydrogens (tertiary/aromatic N) is 1. The lowest BCUT2D eigenvalue weighted by molar-refractivity contribution is -0.0645. The Bertz CT molecular complexity index is 2390. The highest BCUT2D eigenvalue weighted by Crippen LogP contribution is 2.69. The van der Waals surface area contributed by atoms with E-state index in [1.165, 1.54) is 122 Å². The first-order valence-corrected chi connectivity index (χ1v) is 36.3. The van der Waals surface area contributed by atoms with Crippen LogP contribution in [-0.2, 0) is 23.8 Å². The molecule has 1 N–H and O–H groups in total. The van der Waals surface area contributed by atoms with Crippen molar-refractivity contribution in [2.24, 2.45) is 92.7 Å². The molecule has 7 nitrogen and oxygen atoms in total. The molecule has 1 aromatic carbocycles. The van der Waals surface area contributed by atoms with Crippen LogP contribution in [0.15, 0.2) is 83.1 Å². The van der Waals surface area contributed by atoms with Crippen LogP contribution in [0.25, 0.3) is 0 Å². The number of hydrogen-bond donors (Lipinski definition) is 1. The van der Waals surface area contributed by atoms with Crippen molar-refractivity contribution in [3.8, 4) is 0 Å². The van der Waals surface area contributed by atoms with E-state index < -0.39 is 10.1 Å². The number of halogens is 2. The van der Waals surface area contributed by atoms with Gasteiger partial charge in [-0.2, -0.15) is 8.42 Å². The summed E-state index contributed by atoms with van der Waals surface area (Å²) in [5.74, 6) is 10.6. The Balaban J connectivity index is 0.000000213. The number of aryl methyl sites for hydroxylation is 1. The van der Waals surface area contributed by atoms with Crippen LogP contribution >= 0.6 is 23.2 Å². The molecule has 1 heterocycles. The third-order valence-electron chi connectivity index (χ3n) is 23.9. The number of aliphatic hydroxyl groups excluding tert-OH is 1. The van der Waals surface area contributed by atoms with Gasteiger partial charge in [-0.15, -0.1) is 23.2 Å². The second-order valence-corrected chi connectivity index (χ2v) is 32.1. The summed E-state index contributed by atoms with van der Waals surface area (Å²) in [5, 5.41) is 9.27. The van der Waals surface area contributed by atoms with E-state index in [1.54, 1.807) is 47.8 Å². The SMILES string of the molecule is CC(C)CCC[C@@H](C)[C@H]1CCC2C3CC=C4C[C@@H](OCCCO)CC[C@]4(C)C3CC[C@@]21C.Cc1ccc(S(=O)(=O)OCCCO[C@H]2CC[C@@]3(C)C(=CCC4C3CC[C@@]3(C)C4CC[C@@H]3[C@H](C)CCCC(C)C)C2)cc1.ClCCl.c1ccncc1. The third-order valence-corrected chi connectivity index (χ3v) is 25.3. The van der Waals surface area contributed by atoms with Crippen LogP contribution in [0.2, 0.25) is 0 Å². The summed E-state index contributed by atoms with van der Waals surface area (Å²) < 4.78 is 42.6. The maximum absolute atomic E-state index is 12.4. The van der Waals surface area contributed by atoms with Crippen molar-refractivity contribution in [1.82, 2.24) is 4.98 Å². The molecule has 8 aliphatic rings. The van der Waals surface area contributed by atoms with Crippen LogP contribution in [0.1, 0.15) is 229 Å². The number of alkyl halides is 2. The predicted octanol–water partition coefficient (Wildman–Crippen LogP) is 19.8. The van der Waals surface area contributed by atoms with Gasteiger partial charge in [0.15, 0.2) is 0 Å². The number of aromatic nitrogens is 1. The smallest absolute Gasteiger partial charge is 0.296 e. The number of hydrogen-bond acceptors (Lipinski definition) is 7. The molecule has 6 saturated carbocycles. The molecule has 1 aromatic heterocycles. The molecule has 0 bridgehead atoms. The first kappa shape index (κ1) is 68.7. The van der Waals surface area contributed by atoms with Gasteiger partial charge in [-0.1, -0.05) is 155 Å². The van der Waals surface area contributed by atoms with Crippen LogP contribution in [0.4, 0.5) is 0 Å². The highest BCUT2D eigenvalue weighted by Gasteiger charge is 2.61. The highest BCUT2D eigenvalue weighted by atomic mass is 35.5. The van der Waals surface area contributed by atoms with Gasteiger partial charge in [-0.3, -0.25) is 9.17 Å². The molecule has 10 rings (SSSR count).